The quantitative estimate of drug-likeness (QED) is 0.0953. The van der Waals surface area contributed by atoms with Crippen LogP contribution in [0.1, 0.15) is 24.0 Å². The van der Waals surface area contributed by atoms with Crippen LogP contribution in [-0.4, -0.2) is 96.9 Å². The van der Waals surface area contributed by atoms with E-state index in [-0.39, 0.29) is 48.3 Å². The highest BCUT2D eigenvalue weighted by atomic mass is 32.2. The van der Waals surface area contributed by atoms with Gasteiger partial charge in [0.15, 0.2) is 0 Å². The van der Waals surface area contributed by atoms with Gasteiger partial charge in [-0.3, -0.25) is 15.6 Å². The number of aliphatic carboxylic acids is 1. The molecule has 15 nitrogen and oxygen atoms in total. The zero-order chi connectivity index (χ0) is 36.1. The number of nitrogens with zero attached hydrogens (tertiary/aromatic N) is 2. The van der Waals surface area contributed by atoms with Gasteiger partial charge in [-0.1, -0.05) is 49.0 Å². The summed E-state index contributed by atoms with van der Waals surface area (Å²) in [5.41, 5.74) is 11.9. The van der Waals surface area contributed by atoms with E-state index in [1.54, 1.807) is 66.7 Å². The minimum atomic E-state index is -3.80. The van der Waals surface area contributed by atoms with Crippen molar-refractivity contribution in [2.75, 3.05) is 19.3 Å². The van der Waals surface area contributed by atoms with E-state index in [1.807, 2.05) is 0 Å². The second-order valence-electron chi connectivity index (χ2n) is 11.4. The molecule has 2 aliphatic heterocycles. The summed E-state index contributed by atoms with van der Waals surface area (Å²) in [6.07, 6.45) is 0.262. The average molecular weight is 715 g/mol. The number of amidine groups is 2. The first kappa shape index (κ1) is 36.9. The number of hydrogen-bond donors (Lipinski definition) is 6. The lowest BCUT2D eigenvalue weighted by molar-refractivity contribution is -0.140. The molecular formula is C32H38N6O9S2. The molecule has 0 bridgehead atoms. The van der Waals surface area contributed by atoms with Crippen molar-refractivity contribution in [3.05, 3.63) is 102 Å². The smallest absolute Gasteiger partial charge is 0.322 e. The highest BCUT2D eigenvalue weighted by Crippen LogP contribution is 2.31. The lowest BCUT2D eigenvalue weighted by atomic mass is 10.1. The first-order chi connectivity index (χ1) is 23.0. The molecule has 8 N–H and O–H groups in total. The summed E-state index contributed by atoms with van der Waals surface area (Å²) in [5, 5.41) is 34.0. The zero-order valence-corrected chi connectivity index (χ0v) is 28.1. The van der Waals surface area contributed by atoms with Gasteiger partial charge in [-0.2, -0.15) is 8.61 Å². The summed E-state index contributed by atoms with van der Waals surface area (Å²) in [7, 11) is -7.43. The number of nitrogen functional groups attached to an aromatic ring is 2. The van der Waals surface area contributed by atoms with E-state index < -0.39 is 50.3 Å². The van der Waals surface area contributed by atoms with Crippen LogP contribution < -0.4 is 20.9 Å². The molecule has 0 amide bonds. The van der Waals surface area contributed by atoms with E-state index in [0.29, 0.717) is 22.6 Å². The third kappa shape index (κ3) is 9.14. The number of nitrogens with one attached hydrogen (secondary N) is 2. The fourth-order valence-corrected chi connectivity index (χ4v) is 8.21. The number of ether oxygens (including phenoxy) is 2. The maximum absolute atomic E-state index is 13.0. The highest BCUT2D eigenvalue weighted by Gasteiger charge is 2.44. The van der Waals surface area contributed by atoms with Crippen molar-refractivity contribution >= 4 is 37.7 Å². The molecular weight excluding hydrogens is 677 g/mol. The van der Waals surface area contributed by atoms with Gasteiger partial charge in [-0.05, 0) is 36.4 Å². The van der Waals surface area contributed by atoms with Crippen LogP contribution in [-0.2, 0) is 24.8 Å². The molecule has 2 fully saturated rings. The first-order valence-corrected chi connectivity index (χ1v) is 18.1. The number of benzene rings is 3. The van der Waals surface area contributed by atoms with Gasteiger partial charge in [0.05, 0.1) is 30.3 Å². The molecule has 2 aliphatic rings. The Hall–Kier alpha value is -4.97. The van der Waals surface area contributed by atoms with Crippen molar-refractivity contribution in [1.29, 1.82) is 10.8 Å². The Kier molecular flexibility index (Phi) is 11.3. The van der Waals surface area contributed by atoms with E-state index in [2.05, 4.69) is 6.58 Å². The Balaban J connectivity index is 0.000000226. The standard InChI is InChI=1S/C19H21N3O4S.C13H17N3O5S/c1-13(23)18-11-16(26-15-7-5-6-14(10-15)19(20)21)12-22(18)27(24,25)17-8-3-2-4-9-17;1-22(19,20)16-7-10(6-11(16)13(17)18)21-9-4-2-3-8(5-9)12(14)15/h2-10,16,18,23H,1,11-12H2,(H3,20,21);2-5,10-11H,6-7H2,1H3,(H3,14,15)(H,17,18)/t16-,18+;10-,11+/m11/s1. The van der Waals surface area contributed by atoms with Gasteiger partial charge in [0.2, 0.25) is 20.0 Å². The number of carboxylic acid groups (broad SMARTS) is 1. The molecule has 3 aromatic carbocycles. The van der Waals surface area contributed by atoms with Crippen LogP contribution in [0.25, 0.3) is 0 Å². The molecule has 0 spiro atoms. The van der Waals surface area contributed by atoms with E-state index in [9.17, 15) is 26.7 Å². The van der Waals surface area contributed by atoms with Gasteiger partial charge in [-0.15, -0.1) is 0 Å². The normalized spacial score (nSPS) is 21.2. The van der Waals surface area contributed by atoms with Crippen molar-refractivity contribution in [3.63, 3.8) is 0 Å². The summed E-state index contributed by atoms with van der Waals surface area (Å²) >= 11 is 0. The summed E-state index contributed by atoms with van der Waals surface area (Å²) in [5.74, 6) is -0.724. The monoisotopic (exact) mass is 714 g/mol. The summed E-state index contributed by atoms with van der Waals surface area (Å²) in [6, 6.07) is 19.4. The van der Waals surface area contributed by atoms with Crippen LogP contribution in [0.5, 0.6) is 11.5 Å². The van der Waals surface area contributed by atoms with E-state index in [1.165, 1.54) is 16.4 Å². The van der Waals surface area contributed by atoms with Crippen molar-refractivity contribution in [2.24, 2.45) is 11.5 Å². The fraction of sp³-hybridized carbons (Fsp3) is 0.281. The molecule has 0 radical (unpaired) electrons. The number of aliphatic hydroxyl groups is 1. The molecule has 49 heavy (non-hydrogen) atoms. The number of nitrogens with two attached hydrogens (primary N) is 2. The van der Waals surface area contributed by atoms with E-state index >= 15 is 0 Å². The summed E-state index contributed by atoms with van der Waals surface area (Å²) < 4.78 is 62.9. The number of rotatable bonds is 11. The molecule has 17 heteroatoms. The predicted octanol–water partition coefficient (Wildman–Crippen LogP) is 2.09. The highest BCUT2D eigenvalue weighted by molar-refractivity contribution is 7.89. The summed E-state index contributed by atoms with van der Waals surface area (Å²) in [4.78, 5) is 11.3. The number of carboxylic acids is 1. The van der Waals surface area contributed by atoms with Gasteiger partial charge in [0.1, 0.15) is 47.2 Å². The van der Waals surface area contributed by atoms with Gasteiger partial charge in [0.25, 0.3) is 0 Å². The Morgan fingerprint density at radius 3 is 1.65 bits per heavy atom. The topological polar surface area (TPSA) is 250 Å². The lowest BCUT2D eigenvalue weighted by Crippen LogP contribution is -2.39. The van der Waals surface area contributed by atoms with Crippen molar-refractivity contribution in [2.45, 2.75) is 42.0 Å². The first-order valence-electron chi connectivity index (χ1n) is 14.8. The maximum Gasteiger partial charge on any atom is 0.322 e. The Morgan fingerprint density at radius 2 is 1.24 bits per heavy atom. The van der Waals surface area contributed by atoms with Crippen molar-refractivity contribution in [1.82, 2.24) is 8.61 Å². The van der Waals surface area contributed by atoms with Gasteiger partial charge >= 0.3 is 5.97 Å². The van der Waals surface area contributed by atoms with Crippen LogP contribution in [0.15, 0.2) is 96.1 Å². The minimum absolute atomic E-state index is 0.0277. The molecule has 0 aliphatic carbocycles. The Morgan fingerprint density at radius 1 is 0.776 bits per heavy atom. The van der Waals surface area contributed by atoms with Crippen LogP contribution in [0, 0.1) is 10.8 Å². The van der Waals surface area contributed by atoms with Crippen LogP contribution in [0.2, 0.25) is 0 Å². The van der Waals surface area contributed by atoms with Crippen LogP contribution >= 0.6 is 0 Å². The fourth-order valence-electron chi connectivity index (χ4n) is 5.45. The van der Waals surface area contributed by atoms with Gasteiger partial charge in [0, 0.05) is 24.0 Å². The minimum Gasteiger partial charge on any atom is -0.511 e. The molecule has 262 valence electrons. The third-order valence-electron chi connectivity index (χ3n) is 7.78. The second kappa shape index (κ2) is 15.1. The predicted molar refractivity (Wildman–Crippen MR) is 182 cm³/mol. The van der Waals surface area contributed by atoms with Crippen molar-refractivity contribution < 1.29 is 41.3 Å². The zero-order valence-electron chi connectivity index (χ0n) is 26.5. The Labute approximate surface area is 284 Å². The number of carbonyl (C=O) groups is 1. The molecule has 0 aromatic heterocycles. The molecule has 0 unspecified atom stereocenters. The number of aliphatic hydroxyl groups excluding tert-OH is 1. The van der Waals surface area contributed by atoms with Crippen LogP contribution in [0.3, 0.4) is 0 Å². The molecule has 3 aromatic rings. The number of sulfonamides is 2. The molecule has 0 saturated carbocycles. The average Bonchev–Trinajstić information content (AvgIpc) is 3.68. The number of hydrogen-bond acceptors (Lipinski definition) is 10. The summed E-state index contributed by atoms with van der Waals surface area (Å²) in [6.45, 7) is 3.57. The second-order valence-corrected chi connectivity index (χ2v) is 15.2. The molecule has 2 saturated heterocycles. The molecule has 4 atom stereocenters. The van der Waals surface area contributed by atoms with E-state index in [0.717, 1.165) is 10.6 Å². The SMILES string of the molecule is C=C(O)[C@@H]1C[C@@H](Oc2cccc(C(=N)N)c2)CN1S(=O)(=O)c1ccccc1.CS(=O)(=O)N1C[C@H](Oc2cccc(C(=N)N)c2)C[C@H]1C(=O)O. The van der Waals surface area contributed by atoms with E-state index in [4.69, 9.17) is 36.9 Å². The van der Waals surface area contributed by atoms with Crippen LogP contribution in [0.4, 0.5) is 0 Å². The molecule has 2 heterocycles. The molecule has 5 rings (SSSR count). The Bertz CT molecular complexity index is 1940. The van der Waals surface area contributed by atoms with Gasteiger partial charge in [-0.25, -0.2) is 16.8 Å². The lowest BCUT2D eigenvalue weighted by Gasteiger charge is -2.22. The maximum atomic E-state index is 13.0. The van der Waals surface area contributed by atoms with Gasteiger partial charge < -0.3 is 31.2 Å². The largest absolute Gasteiger partial charge is 0.511 e. The van der Waals surface area contributed by atoms with Crippen molar-refractivity contribution in [3.8, 4) is 11.5 Å². The third-order valence-corrected chi connectivity index (χ3v) is 10.9.